The number of carboxylic acid groups (broad SMARTS) is 1. The Bertz CT molecular complexity index is 1150. The minimum absolute atomic E-state index is 0.129. The molecule has 2 N–H and O–H groups in total. The van der Waals surface area contributed by atoms with E-state index in [1.807, 2.05) is 30.3 Å². The highest BCUT2D eigenvalue weighted by Crippen LogP contribution is 2.29. The molecule has 1 saturated heterocycles. The standard InChI is InChI=1S/C29H30N2O3/c32-28(21-23-13-16-24(17-14-23)29(33)34)30-26(18-15-22-9-3-1-4-10-22)25-11-5-6-12-27(25)31-19-7-2-8-20-31/h1,3-6,9-14,16-18H,2,7-8,15,19-21H2,(H,30,32)(H,33,34)/b26-18-. The summed E-state index contributed by atoms with van der Waals surface area (Å²) in [6.45, 7) is 2.04. The van der Waals surface area contributed by atoms with E-state index in [0.717, 1.165) is 35.6 Å². The molecule has 174 valence electrons. The van der Waals surface area contributed by atoms with Crippen LogP contribution in [-0.2, 0) is 17.6 Å². The lowest BCUT2D eigenvalue weighted by molar-refractivity contribution is -0.119. The van der Waals surface area contributed by atoms with Crippen molar-refractivity contribution in [3.8, 4) is 0 Å². The number of anilines is 1. The summed E-state index contributed by atoms with van der Waals surface area (Å²) in [5.74, 6) is -1.10. The number of carbonyl (C=O) groups excluding carboxylic acids is 1. The Hall–Kier alpha value is -3.86. The summed E-state index contributed by atoms with van der Waals surface area (Å²) in [5, 5.41) is 12.2. The molecule has 0 aliphatic carbocycles. The minimum atomic E-state index is -0.976. The van der Waals surface area contributed by atoms with E-state index in [9.17, 15) is 9.59 Å². The van der Waals surface area contributed by atoms with Crippen LogP contribution in [0, 0.1) is 0 Å². The molecule has 3 aromatic rings. The van der Waals surface area contributed by atoms with Gasteiger partial charge < -0.3 is 15.3 Å². The van der Waals surface area contributed by atoms with Gasteiger partial charge in [0.25, 0.3) is 0 Å². The Morgan fingerprint density at radius 1 is 0.824 bits per heavy atom. The summed E-state index contributed by atoms with van der Waals surface area (Å²) in [5.41, 5.74) is 5.13. The van der Waals surface area contributed by atoms with E-state index in [2.05, 4.69) is 40.6 Å². The van der Waals surface area contributed by atoms with Crippen molar-refractivity contribution in [2.45, 2.75) is 32.1 Å². The van der Waals surface area contributed by atoms with Crippen LogP contribution in [0.2, 0.25) is 0 Å². The molecular weight excluding hydrogens is 424 g/mol. The number of nitrogens with one attached hydrogen (secondary N) is 1. The van der Waals surface area contributed by atoms with Gasteiger partial charge in [0.2, 0.25) is 5.91 Å². The first-order chi connectivity index (χ1) is 16.6. The number of carboxylic acids is 1. The lowest BCUT2D eigenvalue weighted by atomic mass is 10.0. The molecular formula is C29H30N2O3. The largest absolute Gasteiger partial charge is 0.478 e. The van der Waals surface area contributed by atoms with E-state index in [4.69, 9.17) is 5.11 Å². The SMILES string of the molecule is O=C(Cc1ccc(C(=O)O)cc1)N/C(=C\Cc1ccccc1)c1ccccc1N1CCCCC1. The van der Waals surface area contributed by atoms with Gasteiger partial charge in [0.15, 0.2) is 0 Å². The zero-order valence-electron chi connectivity index (χ0n) is 19.2. The number of hydrogen-bond acceptors (Lipinski definition) is 3. The van der Waals surface area contributed by atoms with Crippen molar-refractivity contribution in [2.24, 2.45) is 0 Å². The Labute approximate surface area is 200 Å². The number of hydrogen-bond donors (Lipinski definition) is 2. The van der Waals surface area contributed by atoms with Gasteiger partial charge in [-0.15, -0.1) is 0 Å². The van der Waals surface area contributed by atoms with E-state index in [1.165, 1.54) is 37.0 Å². The van der Waals surface area contributed by atoms with E-state index in [0.29, 0.717) is 6.42 Å². The smallest absolute Gasteiger partial charge is 0.335 e. The average Bonchev–Trinajstić information content (AvgIpc) is 2.88. The number of rotatable bonds is 8. The second kappa shape index (κ2) is 11.3. The molecule has 0 saturated carbocycles. The monoisotopic (exact) mass is 454 g/mol. The highest BCUT2D eigenvalue weighted by Gasteiger charge is 2.18. The molecule has 0 aromatic heterocycles. The normalized spacial score (nSPS) is 14.0. The summed E-state index contributed by atoms with van der Waals surface area (Å²) in [7, 11) is 0. The second-order valence-electron chi connectivity index (χ2n) is 8.60. The quantitative estimate of drug-likeness (QED) is 0.483. The van der Waals surface area contributed by atoms with Crippen molar-refractivity contribution in [2.75, 3.05) is 18.0 Å². The maximum atomic E-state index is 13.0. The Balaban J connectivity index is 1.58. The zero-order valence-corrected chi connectivity index (χ0v) is 19.2. The molecule has 0 bridgehead atoms. The van der Waals surface area contributed by atoms with Crippen LogP contribution in [0.1, 0.15) is 46.3 Å². The van der Waals surface area contributed by atoms with Crippen LogP contribution in [0.3, 0.4) is 0 Å². The molecule has 1 heterocycles. The van der Waals surface area contributed by atoms with E-state index < -0.39 is 5.97 Å². The Morgan fingerprint density at radius 3 is 2.21 bits per heavy atom. The molecule has 5 nitrogen and oxygen atoms in total. The molecule has 0 atom stereocenters. The van der Waals surface area contributed by atoms with Crippen molar-refractivity contribution < 1.29 is 14.7 Å². The van der Waals surface area contributed by atoms with Gasteiger partial charge in [-0.05, 0) is 55.0 Å². The van der Waals surface area contributed by atoms with Gasteiger partial charge in [-0.25, -0.2) is 4.79 Å². The molecule has 5 heteroatoms. The van der Waals surface area contributed by atoms with Crippen LogP contribution < -0.4 is 10.2 Å². The summed E-state index contributed by atoms with van der Waals surface area (Å²) in [6, 6.07) is 24.9. The number of allylic oxidation sites excluding steroid dienone is 1. The maximum Gasteiger partial charge on any atom is 0.335 e. The molecule has 4 rings (SSSR count). The number of piperidine rings is 1. The third-order valence-electron chi connectivity index (χ3n) is 6.12. The number of aromatic carboxylic acids is 1. The lowest BCUT2D eigenvalue weighted by Crippen LogP contribution is -2.31. The molecule has 0 spiro atoms. The number of para-hydroxylation sites is 1. The predicted molar refractivity (Wildman–Crippen MR) is 136 cm³/mol. The lowest BCUT2D eigenvalue weighted by Gasteiger charge is -2.31. The second-order valence-corrected chi connectivity index (χ2v) is 8.60. The summed E-state index contributed by atoms with van der Waals surface area (Å²) >= 11 is 0. The molecule has 34 heavy (non-hydrogen) atoms. The summed E-state index contributed by atoms with van der Waals surface area (Å²) in [6.07, 6.45) is 6.58. The topological polar surface area (TPSA) is 69.6 Å². The summed E-state index contributed by atoms with van der Waals surface area (Å²) < 4.78 is 0. The van der Waals surface area contributed by atoms with Crippen molar-refractivity contribution in [1.29, 1.82) is 0 Å². The first kappa shape index (κ1) is 23.3. The molecule has 0 radical (unpaired) electrons. The average molecular weight is 455 g/mol. The van der Waals surface area contributed by atoms with Gasteiger partial charge in [-0.1, -0.05) is 66.7 Å². The fraction of sp³-hybridized carbons (Fsp3) is 0.241. The predicted octanol–water partition coefficient (Wildman–Crippen LogP) is 5.32. The first-order valence-electron chi connectivity index (χ1n) is 11.8. The summed E-state index contributed by atoms with van der Waals surface area (Å²) in [4.78, 5) is 26.5. The van der Waals surface area contributed by atoms with Gasteiger partial charge in [0.1, 0.15) is 0 Å². The van der Waals surface area contributed by atoms with Crippen molar-refractivity contribution in [3.05, 3.63) is 107 Å². The molecule has 3 aromatic carbocycles. The number of amides is 1. The van der Waals surface area contributed by atoms with Crippen LogP contribution in [0.15, 0.2) is 84.9 Å². The molecule has 1 aliphatic heterocycles. The molecule has 0 unspecified atom stereocenters. The van der Waals surface area contributed by atoms with Crippen LogP contribution in [0.4, 0.5) is 5.69 Å². The maximum absolute atomic E-state index is 13.0. The van der Waals surface area contributed by atoms with Crippen molar-refractivity contribution in [3.63, 3.8) is 0 Å². The first-order valence-corrected chi connectivity index (χ1v) is 11.8. The molecule has 1 aliphatic rings. The van der Waals surface area contributed by atoms with Crippen LogP contribution in [0.25, 0.3) is 5.70 Å². The molecule has 1 amide bonds. The number of benzene rings is 3. The molecule has 1 fully saturated rings. The number of nitrogens with zero attached hydrogens (tertiary/aromatic N) is 1. The van der Waals surface area contributed by atoms with Crippen molar-refractivity contribution in [1.82, 2.24) is 5.32 Å². The van der Waals surface area contributed by atoms with E-state index >= 15 is 0 Å². The van der Waals surface area contributed by atoms with Crippen LogP contribution in [-0.4, -0.2) is 30.1 Å². The van der Waals surface area contributed by atoms with Gasteiger partial charge in [-0.2, -0.15) is 0 Å². The van der Waals surface area contributed by atoms with Gasteiger partial charge in [0.05, 0.1) is 12.0 Å². The fourth-order valence-electron chi connectivity index (χ4n) is 4.32. The fourth-order valence-corrected chi connectivity index (χ4v) is 4.32. The zero-order chi connectivity index (χ0) is 23.8. The highest BCUT2D eigenvalue weighted by molar-refractivity contribution is 5.91. The van der Waals surface area contributed by atoms with Crippen molar-refractivity contribution >= 4 is 23.3 Å². The third kappa shape index (κ3) is 6.13. The van der Waals surface area contributed by atoms with E-state index in [1.54, 1.807) is 12.1 Å². The Kier molecular flexibility index (Phi) is 7.76. The Morgan fingerprint density at radius 2 is 1.50 bits per heavy atom. The minimum Gasteiger partial charge on any atom is -0.478 e. The van der Waals surface area contributed by atoms with Gasteiger partial charge >= 0.3 is 5.97 Å². The van der Waals surface area contributed by atoms with Gasteiger partial charge in [0, 0.05) is 30.0 Å². The van der Waals surface area contributed by atoms with Gasteiger partial charge in [-0.3, -0.25) is 4.79 Å². The van der Waals surface area contributed by atoms with Crippen LogP contribution in [0.5, 0.6) is 0 Å². The highest BCUT2D eigenvalue weighted by atomic mass is 16.4. The van der Waals surface area contributed by atoms with E-state index in [-0.39, 0.29) is 17.9 Å². The third-order valence-corrected chi connectivity index (χ3v) is 6.12. The number of carbonyl (C=O) groups is 2. The van der Waals surface area contributed by atoms with Crippen LogP contribution >= 0.6 is 0 Å².